The summed E-state index contributed by atoms with van der Waals surface area (Å²) in [5.74, 6) is -0.898. The molecule has 0 saturated carbocycles. The minimum atomic E-state index is -0.459. The van der Waals surface area contributed by atoms with E-state index >= 15 is 0 Å². The number of benzene rings is 1. The first-order valence-corrected chi connectivity index (χ1v) is 5.26. The molecule has 0 aliphatic heterocycles. The number of aromatic nitrogens is 1. The lowest BCUT2D eigenvalue weighted by molar-refractivity contribution is 0.572. The van der Waals surface area contributed by atoms with E-state index in [1.165, 1.54) is 6.07 Å². The van der Waals surface area contributed by atoms with Crippen LogP contribution in [-0.2, 0) is 6.42 Å². The lowest BCUT2D eigenvalue weighted by Crippen LogP contribution is -2.14. The van der Waals surface area contributed by atoms with Gasteiger partial charge in [0.2, 0.25) is 0 Å². The van der Waals surface area contributed by atoms with E-state index < -0.39 is 11.6 Å². The number of nitrogens with two attached hydrogens (primary N) is 1. The molecule has 0 unspecified atom stereocenters. The van der Waals surface area contributed by atoms with Crippen LogP contribution in [-0.4, -0.2) is 4.98 Å². The van der Waals surface area contributed by atoms with Gasteiger partial charge >= 0.3 is 0 Å². The summed E-state index contributed by atoms with van der Waals surface area (Å²) in [5.41, 5.74) is 7.00. The summed E-state index contributed by atoms with van der Waals surface area (Å²) in [4.78, 5) is 3.94. The molecule has 1 heterocycles. The van der Waals surface area contributed by atoms with Gasteiger partial charge in [-0.1, -0.05) is 6.07 Å². The molecule has 0 radical (unpaired) electrons. The third kappa shape index (κ3) is 2.85. The fraction of sp³-hybridized carbons (Fsp3) is 0.154. The summed E-state index contributed by atoms with van der Waals surface area (Å²) in [6.45, 7) is 0. The highest BCUT2D eigenvalue weighted by molar-refractivity contribution is 5.23. The molecule has 2 rings (SSSR count). The van der Waals surface area contributed by atoms with E-state index in [0.717, 1.165) is 17.7 Å². The predicted molar refractivity (Wildman–Crippen MR) is 61.2 cm³/mol. The highest BCUT2D eigenvalue weighted by atomic mass is 19.1. The number of halogens is 2. The van der Waals surface area contributed by atoms with Crippen molar-refractivity contribution in [3.05, 3.63) is 65.5 Å². The molecule has 1 aromatic heterocycles. The number of rotatable bonds is 3. The Morgan fingerprint density at radius 1 is 1.24 bits per heavy atom. The Kier molecular flexibility index (Phi) is 3.44. The fourth-order valence-corrected chi connectivity index (χ4v) is 1.65. The predicted octanol–water partition coefficient (Wildman–Crippen LogP) is 2.60. The Morgan fingerprint density at radius 2 is 2.06 bits per heavy atom. The standard InChI is InChI=1S/C13H12F2N2/c14-11-3-4-12(15)10(6-11)7-13(16)9-2-1-5-17-8-9/h1-6,8,13H,7,16H2/t13-/m1/s1. The lowest BCUT2D eigenvalue weighted by atomic mass is 10.0. The van der Waals surface area contributed by atoms with E-state index in [1.54, 1.807) is 18.5 Å². The van der Waals surface area contributed by atoms with Crippen LogP contribution in [0.3, 0.4) is 0 Å². The van der Waals surface area contributed by atoms with Gasteiger partial charge in [-0.3, -0.25) is 4.98 Å². The van der Waals surface area contributed by atoms with E-state index in [9.17, 15) is 8.78 Å². The topological polar surface area (TPSA) is 38.9 Å². The summed E-state index contributed by atoms with van der Waals surface area (Å²) in [6.07, 6.45) is 3.51. The second-order valence-corrected chi connectivity index (χ2v) is 3.83. The largest absolute Gasteiger partial charge is 0.324 e. The molecular formula is C13H12F2N2. The van der Waals surface area contributed by atoms with Gasteiger partial charge in [-0.05, 0) is 41.8 Å². The molecule has 2 aromatic rings. The highest BCUT2D eigenvalue weighted by Crippen LogP contribution is 2.18. The summed E-state index contributed by atoms with van der Waals surface area (Å²) < 4.78 is 26.4. The van der Waals surface area contributed by atoms with E-state index in [0.29, 0.717) is 0 Å². The Morgan fingerprint density at radius 3 is 2.76 bits per heavy atom. The SMILES string of the molecule is N[C@H](Cc1cc(F)ccc1F)c1cccnc1. The second kappa shape index (κ2) is 5.01. The maximum atomic E-state index is 13.4. The zero-order valence-corrected chi connectivity index (χ0v) is 9.11. The van der Waals surface area contributed by atoms with E-state index in [2.05, 4.69) is 4.98 Å². The van der Waals surface area contributed by atoms with Gasteiger partial charge in [0.1, 0.15) is 11.6 Å². The van der Waals surface area contributed by atoms with Crippen molar-refractivity contribution in [3.63, 3.8) is 0 Å². The van der Waals surface area contributed by atoms with Crippen molar-refractivity contribution in [2.75, 3.05) is 0 Å². The molecule has 0 saturated heterocycles. The lowest BCUT2D eigenvalue weighted by Gasteiger charge is -2.12. The molecule has 0 fully saturated rings. The Hall–Kier alpha value is -1.81. The van der Waals surface area contributed by atoms with Crippen molar-refractivity contribution in [1.82, 2.24) is 4.98 Å². The van der Waals surface area contributed by atoms with Gasteiger partial charge < -0.3 is 5.73 Å². The fourth-order valence-electron chi connectivity index (χ4n) is 1.65. The van der Waals surface area contributed by atoms with Crippen LogP contribution in [0.15, 0.2) is 42.7 Å². The van der Waals surface area contributed by atoms with Crippen LogP contribution in [0.1, 0.15) is 17.2 Å². The molecule has 2 nitrogen and oxygen atoms in total. The Bertz CT molecular complexity index is 500. The van der Waals surface area contributed by atoms with Gasteiger partial charge in [0, 0.05) is 18.4 Å². The average Bonchev–Trinajstić information content (AvgIpc) is 2.35. The van der Waals surface area contributed by atoms with Gasteiger partial charge in [-0.2, -0.15) is 0 Å². The van der Waals surface area contributed by atoms with Crippen LogP contribution in [0, 0.1) is 11.6 Å². The molecule has 0 aliphatic rings. The number of hydrogen-bond donors (Lipinski definition) is 1. The van der Waals surface area contributed by atoms with Crippen molar-refractivity contribution in [2.24, 2.45) is 5.73 Å². The molecule has 0 spiro atoms. The van der Waals surface area contributed by atoms with E-state index in [4.69, 9.17) is 5.73 Å². The first kappa shape index (κ1) is 11.7. The first-order chi connectivity index (χ1) is 8.16. The van der Waals surface area contributed by atoms with E-state index in [1.807, 2.05) is 6.07 Å². The number of pyridine rings is 1. The Labute approximate surface area is 98.1 Å². The minimum Gasteiger partial charge on any atom is -0.324 e. The summed E-state index contributed by atoms with van der Waals surface area (Å²) in [6, 6.07) is 6.56. The van der Waals surface area contributed by atoms with Crippen LogP contribution in [0.4, 0.5) is 8.78 Å². The van der Waals surface area contributed by atoms with Crippen molar-refractivity contribution in [1.29, 1.82) is 0 Å². The molecule has 0 aliphatic carbocycles. The second-order valence-electron chi connectivity index (χ2n) is 3.83. The molecule has 4 heteroatoms. The molecule has 0 bridgehead atoms. The van der Waals surface area contributed by atoms with Gasteiger partial charge in [-0.25, -0.2) is 8.78 Å². The zero-order chi connectivity index (χ0) is 12.3. The number of hydrogen-bond acceptors (Lipinski definition) is 2. The third-order valence-electron chi connectivity index (χ3n) is 2.56. The minimum absolute atomic E-state index is 0.245. The molecule has 1 atom stereocenters. The van der Waals surface area contributed by atoms with Crippen LogP contribution < -0.4 is 5.73 Å². The van der Waals surface area contributed by atoms with Crippen LogP contribution >= 0.6 is 0 Å². The quantitative estimate of drug-likeness (QED) is 0.886. The molecule has 1 aromatic carbocycles. The van der Waals surface area contributed by atoms with Gasteiger partial charge in [0.05, 0.1) is 0 Å². The van der Waals surface area contributed by atoms with Crippen molar-refractivity contribution < 1.29 is 8.78 Å². The van der Waals surface area contributed by atoms with Gasteiger partial charge in [0.25, 0.3) is 0 Å². The molecule has 0 amide bonds. The monoisotopic (exact) mass is 234 g/mol. The number of nitrogens with zero attached hydrogens (tertiary/aromatic N) is 1. The Balaban J connectivity index is 2.18. The summed E-state index contributed by atoms with van der Waals surface area (Å²) >= 11 is 0. The molecular weight excluding hydrogens is 222 g/mol. The average molecular weight is 234 g/mol. The van der Waals surface area contributed by atoms with Gasteiger partial charge in [0.15, 0.2) is 0 Å². The molecule has 17 heavy (non-hydrogen) atoms. The maximum absolute atomic E-state index is 13.4. The summed E-state index contributed by atoms with van der Waals surface area (Å²) in [7, 11) is 0. The van der Waals surface area contributed by atoms with Crippen molar-refractivity contribution in [2.45, 2.75) is 12.5 Å². The normalized spacial score (nSPS) is 12.4. The summed E-state index contributed by atoms with van der Waals surface area (Å²) in [5, 5.41) is 0. The van der Waals surface area contributed by atoms with Crippen LogP contribution in [0.2, 0.25) is 0 Å². The molecule has 88 valence electrons. The van der Waals surface area contributed by atoms with Gasteiger partial charge in [-0.15, -0.1) is 0 Å². The highest BCUT2D eigenvalue weighted by Gasteiger charge is 2.11. The third-order valence-corrected chi connectivity index (χ3v) is 2.56. The van der Waals surface area contributed by atoms with Crippen molar-refractivity contribution in [3.8, 4) is 0 Å². The molecule has 2 N–H and O–H groups in total. The van der Waals surface area contributed by atoms with Crippen LogP contribution in [0.25, 0.3) is 0 Å². The smallest absolute Gasteiger partial charge is 0.126 e. The van der Waals surface area contributed by atoms with Crippen LogP contribution in [0.5, 0.6) is 0 Å². The van der Waals surface area contributed by atoms with Crippen molar-refractivity contribution >= 4 is 0 Å². The maximum Gasteiger partial charge on any atom is 0.126 e. The zero-order valence-electron chi connectivity index (χ0n) is 9.11. The first-order valence-electron chi connectivity index (χ1n) is 5.26. The van der Waals surface area contributed by atoms with E-state index in [-0.39, 0.29) is 18.0 Å².